The van der Waals surface area contributed by atoms with Crippen LogP contribution in [0.4, 0.5) is 5.69 Å². The van der Waals surface area contributed by atoms with Gasteiger partial charge >= 0.3 is 0 Å². The number of aromatic nitrogens is 4. The molecule has 6 rings (SSSR count). The van der Waals surface area contributed by atoms with E-state index >= 15 is 0 Å². The zero-order chi connectivity index (χ0) is 31.4. The molecule has 2 aliphatic heterocycles. The van der Waals surface area contributed by atoms with Crippen molar-refractivity contribution in [3.8, 4) is 11.8 Å². The molecule has 232 valence electrons. The highest BCUT2D eigenvalue weighted by Crippen LogP contribution is 2.41. The lowest BCUT2D eigenvalue weighted by atomic mass is 10.1. The number of carbonyl (C=O) groups excluding carboxylic acids is 2. The molecule has 1 fully saturated rings. The molecular weight excluding hydrogens is 618 g/mol. The molecule has 14 heteroatoms. The van der Waals surface area contributed by atoms with Gasteiger partial charge in [0, 0.05) is 42.0 Å². The lowest BCUT2D eigenvalue weighted by Crippen LogP contribution is -2.42. The summed E-state index contributed by atoms with van der Waals surface area (Å²) in [7, 11) is -1.96. The third kappa shape index (κ3) is 5.85. The molecule has 2 N–H and O–H groups in total. The van der Waals surface area contributed by atoms with E-state index in [4.69, 9.17) is 30.7 Å². The number of fused-ring (bicyclic) bond motifs is 5. The van der Waals surface area contributed by atoms with Crippen LogP contribution in [0.15, 0.2) is 24.5 Å². The summed E-state index contributed by atoms with van der Waals surface area (Å²) in [5.41, 5.74) is 2.65. The molecule has 0 bridgehead atoms. The molecule has 0 aliphatic carbocycles. The highest BCUT2D eigenvalue weighted by Gasteiger charge is 2.40. The van der Waals surface area contributed by atoms with Crippen LogP contribution >= 0.6 is 22.9 Å². The second-order valence-electron chi connectivity index (χ2n) is 13.0. The van der Waals surface area contributed by atoms with Gasteiger partial charge in [-0.05, 0) is 55.2 Å². The van der Waals surface area contributed by atoms with Gasteiger partial charge in [-0.2, -0.15) is 4.98 Å². The van der Waals surface area contributed by atoms with Gasteiger partial charge in [0.1, 0.15) is 4.88 Å². The predicted octanol–water partition coefficient (Wildman–Crippen LogP) is 5.99. The van der Waals surface area contributed by atoms with E-state index in [0.29, 0.717) is 41.2 Å². The van der Waals surface area contributed by atoms with Crippen molar-refractivity contribution in [1.82, 2.24) is 30.2 Å². The summed E-state index contributed by atoms with van der Waals surface area (Å²) in [6.45, 7) is 14.8. The lowest BCUT2D eigenvalue weighted by molar-refractivity contribution is -0.132. The van der Waals surface area contributed by atoms with E-state index in [1.807, 2.05) is 19.1 Å². The minimum absolute atomic E-state index is 0.00412. The maximum Gasteiger partial charge on any atom is 0.263 e. The Balaban J connectivity index is 1.22. The summed E-state index contributed by atoms with van der Waals surface area (Å²) in [5.74, 6) is 0.206. The summed E-state index contributed by atoms with van der Waals surface area (Å²) >= 11 is 7.58. The van der Waals surface area contributed by atoms with E-state index < -0.39 is 8.32 Å². The van der Waals surface area contributed by atoms with Gasteiger partial charge in [0.2, 0.25) is 23.0 Å². The van der Waals surface area contributed by atoms with Crippen molar-refractivity contribution in [2.24, 2.45) is 5.92 Å². The summed E-state index contributed by atoms with van der Waals surface area (Å²) in [5, 5.41) is 7.37. The summed E-state index contributed by atoms with van der Waals surface area (Å²) in [6.07, 6.45) is 3.83. The van der Waals surface area contributed by atoms with Crippen LogP contribution in [0.2, 0.25) is 23.4 Å². The zero-order valence-corrected chi connectivity index (χ0v) is 28.2. The van der Waals surface area contributed by atoms with E-state index in [-0.39, 0.29) is 52.4 Å². The van der Waals surface area contributed by atoms with Crippen molar-refractivity contribution < 1.29 is 18.8 Å². The SMILES string of the molecule is C[C@@H]1CNc2c(sc3ccc4nc(Oc5nc(Cl)ncc5CN5CCC(CO[Si](C)(C)C(C)(C)C)C5=O)cnc4c23)C(=O)N1. The molecule has 2 amide bonds. The van der Waals surface area contributed by atoms with Crippen LogP contribution in [0.5, 0.6) is 11.8 Å². The molecule has 5 heterocycles. The summed E-state index contributed by atoms with van der Waals surface area (Å²) < 4.78 is 13.4. The Morgan fingerprint density at radius 3 is 2.73 bits per heavy atom. The van der Waals surface area contributed by atoms with E-state index in [1.54, 1.807) is 11.1 Å². The third-order valence-corrected chi connectivity index (χ3v) is 14.6. The summed E-state index contributed by atoms with van der Waals surface area (Å²) in [6, 6.07) is 3.80. The molecule has 3 aromatic heterocycles. The van der Waals surface area contributed by atoms with Crippen molar-refractivity contribution in [3.63, 3.8) is 0 Å². The number of rotatable bonds is 7. The van der Waals surface area contributed by atoms with Crippen LogP contribution in [0, 0.1) is 5.92 Å². The van der Waals surface area contributed by atoms with Crippen LogP contribution < -0.4 is 15.4 Å². The number of hydrogen-bond donors (Lipinski definition) is 2. The van der Waals surface area contributed by atoms with Crippen LogP contribution in [0.3, 0.4) is 0 Å². The predicted molar refractivity (Wildman–Crippen MR) is 174 cm³/mol. The van der Waals surface area contributed by atoms with Crippen LogP contribution in [0.25, 0.3) is 21.1 Å². The number of hydrogen-bond acceptors (Lipinski definition) is 10. The number of ether oxygens (including phenoxy) is 1. The Bertz CT molecular complexity index is 1780. The highest BCUT2D eigenvalue weighted by atomic mass is 35.5. The van der Waals surface area contributed by atoms with E-state index in [9.17, 15) is 9.59 Å². The Morgan fingerprint density at radius 1 is 1.16 bits per heavy atom. The maximum atomic E-state index is 13.3. The number of anilines is 1. The largest absolute Gasteiger partial charge is 0.418 e. The fourth-order valence-electron chi connectivity index (χ4n) is 5.14. The fourth-order valence-corrected chi connectivity index (χ4v) is 7.40. The van der Waals surface area contributed by atoms with E-state index in [2.05, 4.69) is 54.5 Å². The number of benzene rings is 1. The monoisotopic (exact) mass is 653 g/mol. The minimum Gasteiger partial charge on any atom is -0.418 e. The number of thiophene rings is 1. The molecule has 0 saturated carbocycles. The molecule has 2 atom stereocenters. The quantitative estimate of drug-likeness (QED) is 0.182. The first-order chi connectivity index (χ1) is 20.8. The lowest BCUT2D eigenvalue weighted by Gasteiger charge is -2.36. The number of halogens is 1. The number of amides is 2. The number of carbonyl (C=O) groups is 2. The van der Waals surface area contributed by atoms with Crippen molar-refractivity contribution >= 4 is 69.9 Å². The Labute approximate surface area is 265 Å². The first-order valence-electron chi connectivity index (χ1n) is 14.7. The Morgan fingerprint density at radius 2 is 1.95 bits per heavy atom. The molecule has 44 heavy (non-hydrogen) atoms. The van der Waals surface area contributed by atoms with Crippen molar-refractivity contribution in [2.75, 3.05) is 25.0 Å². The normalized spacial score (nSPS) is 19.2. The topological polar surface area (TPSA) is 131 Å². The molecule has 1 aromatic carbocycles. The molecular formula is C30H36ClN7O4SSi. The second-order valence-corrected chi connectivity index (χ2v) is 19.2. The van der Waals surface area contributed by atoms with Crippen LogP contribution in [-0.4, -0.2) is 70.7 Å². The van der Waals surface area contributed by atoms with Gasteiger partial charge in [0.05, 0.1) is 40.9 Å². The van der Waals surface area contributed by atoms with Crippen molar-refractivity contribution in [2.45, 2.75) is 64.8 Å². The van der Waals surface area contributed by atoms with Gasteiger partial charge in [-0.25, -0.2) is 15.0 Å². The zero-order valence-electron chi connectivity index (χ0n) is 25.7. The average molecular weight is 654 g/mol. The molecule has 0 radical (unpaired) electrons. The summed E-state index contributed by atoms with van der Waals surface area (Å²) in [4.78, 5) is 46.3. The third-order valence-electron chi connectivity index (χ3n) is 8.73. The van der Waals surface area contributed by atoms with Crippen LogP contribution in [-0.2, 0) is 15.8 Å². The van der Waals surface area contributed by atoms with E-state index in [1.165, 1.54) is 17.5 Å². The van der Waals surface area contributed by atoms with E-state index in [0.717, 1.165) is 22.2 Å². The minimum atomic E-state index is -1.96. The first kappa shape index (κ1) is 30.6. The number of nitrogens with zero attached hydrogens (tertiary/aromatic N) is 5. The van der Waals surface area contributed by atoms with Gasteiger partial charge in [-0.1, -0.05) is 20.8 Å². The first-order valence-corrected chi connectivity index (χ1v) is 18.8. The molecule has 1 saturated heterocycles. The average Bonchev–Trinajstić information content (AvgIpc) is 3.47. The van der Waals surface area contributed by atoms with Gasteiger partial charge in [0.25, 0.3) is 5.91 Å². The molecule has 1 unspecified atom stereocenters. The highest BCUT2D eigenvalue weighted by molar-refractivity contribution is 7.21. The van der Waals surface area contributed by atoms with Gasteiger partial charge in [-0.3, -0.25) is 9.59 Å². The standard InChI is InChI=1S/C30H36ClN7O4SSi/c1-16-11-32-24-22-20(43-25(24)26(39)35-16)8-7-19-23(22)33-13-21(36-19)42-27-18(12-34-29(31)37-27)14-38-10-9-17(28(38)40)15-41-44(5,6)30(2,3)4/h7-8,12-13,16-17,32H,9-11,14-15H2,1-6H3,(H,35,39)/t16-,17?/m1/s1. The maximum absolute atomic E-state index is 13.3. The molecule has 2 aliphatic rings. The van der Waals surface area contributed by atoms with Crippen molar-refractivity contribution in [1.29, 1.82) is 0 Å². The Kier molecular flexibility index (Phi) is 8.01. The second kappa shape index (κ2) is 11.5. The molecule has 0 spiro atoms. The van der Waals surface area contributed by atoms with Gasteiger partial charge in [0.15, 0.2) is 8.32 Å². The molecule has 11 nitrogen and oxygen atoms in total. The number of likely N-dealkylation sites (tertiary alicyclic amines) is 1. The van der Waals surface area contributed by atoms with Crippen LogP contribution in [0.1, 0.15) is 49.4 Å². The Hall–Kier alpha value is -3.39. The van der Waals surface area contributed by atoms with Crippen molar-refractivity contribution in [3.05, 3.63) is 40.3 Å². The molecule has 4 aromatic rings. The smallest absolute Gasteiger partial charge is 0.263 e. The fraction of sp³-hybridized carbons (Fsp3) is 0.467. The van der Waals surface area contributed by atoms with Gasteiger partial charge in [-0.15, -0.1) is 11.3 Å². The number of nitrogens with one attached hydrogen (secondary N) is 2. The van der Waals surface area contributed by atoms with Gasteiger partial charge < -0.3 is 24.7 Å².